The molecule has 0 unspecified atom stereocenters. The first-order valence-electron chi connectivity index (χ1n) is 10.6. The van der Waals surface area contributed by atoms with Gasteiger partial charge in [-0.2, -0.15) is 0 Å². The number of hydrogen-bond donors (Lipinski definition) is 2. The van der Waals surface area contributed by atoms with Crippen molar-refractivity contribution >= 4 is 28.6 Å². The van der Waals surface area contributed by atoms with E-state index in [4.69, 9.17) is 13.9 Å². The van der Waals surface area contributed by atoms with Crippen LogP contribution in [0.4, 0.5) is 10.5 Å². The van der Waals surface area contributed by atoms with E-state index in [1.807, 2.05) is 29.2 Å². The van der Waals surface area contributed by atoms with Crippen LogP contribution in [0.1, 0.15) is 23.4 Å². The summed E-state index contributed by atoms with van der Waals surface area (Å²) in [6.45, 7) is 1.80. The Balaban J connectivity index is 1.26. The molecule has 4 rings (SSSR count). The van der Waals surface area contributed by atoms with Gasteiger partial charge >= 0.3 is 6.03 Å². The maximum atomic E-state index is 12.8. The second kappa shape index (κ2) is 9.64. The van der Waals surface area contributed by atoms with Gasteiger partial charge in [0.15, 0.2) is 17.3 Å². The fourth-order valence-electron chi connectivity index (χ4n) is 3.97. The third-order valence-corrected chi connectivity index (χ3v) is 5.74. The highest BCUT2D eigenvalue weighted by Gasteiger charge is 2.26. The minimum absolute atomic E-state index is 0.0875. The number of hydrogen-bond acceptors (Lipinski definition) is 5. The number of ether oxygens (including phenoxy) is 2. The van der Waals surface area contributed by atoms with Crippen molar-refractivity contribution in [2.45, 2.75) is 12.8 Å². The van der Waals surface area contributed by atoms with Crippen molar-refractivity contribution < 1.29 is 23.5 Å². The minimum atomic E-state index is -0.308. The lowest BCUT2D eigenvalue weighted by atomic mass is 9.96. The average molecular weight is 437 g/mol. The van der Waals surface area contributed by atoms with Crippen LogP contribution in [0.25, 0.3) is 11.0 Å². The van der Waals surface area contributed by atoms with E-state index in [-0.39, 0.29) is 11.9 Å². The summed E-state index contributed by atoms with van der Waals surface area (Å²) in [4.78, 5) is 27.0. The van der Waals surface area contributed by atoms with Crippen molar-refractivity contribution in [1.29, 1.82) is 0 Å². The summed E-state index contributed by atoms with van der Waals surface area (Å²) in [5.74, 6) is 1.60. The average Bonchev–Trinajstić information content (AvgIpc) is 3.27. The third-order valence-electron chi connectivity index (χ3n) is 5.74. The normalized spacial score (nSPS) is 14.2. The largest absolute Gasteiger partial charge is 0.493 e. The number of methoxy groups -OCH3 is 2. The Morgan fingerprint density at radius 3 is 2.56 bits per heavy atom. The number of benzene rings is 2. The highest BCUT2D eigenvalue weighted by molar-refractivity contribution is 5.96. The molecule has 8 nitrogen and oxygen atoms in total. The molecule has 0 radical (unpaired) electrons. The van der Waals surface area contributed by atoms with Gasteiger partial charge < -0.3 is 29.4 Å². The number of nitrogens with zero attached hydrogens (tertiary/aromatic N) is 1. The fourth-order valence-corrected chi connectivity index (χ4v) is 3.97. The van der Waals surface area contributed by atoms with Crippen LogP contribution in [0.3, 0.4) is 0 Å². The number of anilines is 1. The molecular formula is C24H27N3O5. The van der Waals surface area contributed by atoms with Crippen LogP contribution in [-0.2, 0) is 0 Å². The van der Waals surface area contributed by atoms with Gasteiger partial charge in [0, 0.05) is 25.0 Å². The van der Waals surface area contributed by atoms with Crippen molar-refractivity contribution in [2.75, 3.05) is 39.2 Å². The Kier molecular flexibility index (Phi) is 6.49. The number of fused-ring (bicyclic) bond motifs is 1. The molecule has 2 heterocycles. The molecule has 1 aromatic heterocycles. The van der Waals surface area contributed by atoms with E-state index in [9.17, 15) is 9.59 Å². The number of para-hydroxylation sites is 2. The Morgan fingerprint density at radius 1 is 1.06 bits per heavy atom. The lowest BCUT2D eigenvalue weighted by Gasteiger charge is -2.31. The molecule has 0 spiro atoms. The van der Waals surface area contributed by atoms with Crippen LogP contribution >= 0.6 is 0 Å². The summed E-state index contributed by atoms with van der Waals surface area (Å²) in [6.07, 6.45) is 1.63. The zero-order valence-electron chi connectivity index (χ0n) is 18.2. The molecule has 0 bridgehead atoms. The van der Waals surface area contributed by atoms with Gasteiger partial charge in [-0.05, 0) is 43.0 Å². The molecule has 1 fully saturated rings. The molecule has 168 valence electrons. The van der Waals surface area contributed by atoms with Crippen LogP contribution in [0.15, 0.2) is 52.9 Å². The molecule has 3 aromatic rings. The molecule has 8 heteroatoms. The van der Waals surface area contributed by atoms with E-state index in [2.05, 4.69) is 10.6 Å². The monoisotopic (exact) mass is 437 g/mol. The number of furan rings is 1. The molecule has 32 heavy (non-hydrogen) atoms. The number of amides is 3. The number of rotatable bonds is 6. The number of piperidine rings is 1. The Bertz CT molecular complexity index is 1070. The lowest BCUT2D eigenvalue weighted by molar-refractivity contribution is 0.0661. The second-order valence-corrected chi connectivity index (χ2v) is 7.76. The van der Waals surface area contributed by atoms with E-state index in [1.165, 1.54) is 7.11 Å². The topological polar surface area (TPSA) is 93.0 Å². The minimum Gasteiger partial charge on any atom is -0.493 e. The van der Waals surface area contributed by atoms with Gasteiger partial charge in [0.2, 0.25) is 0 Å². The smallest absolute Gasteiger partial charge is 0.319 e. The van der Waals surface area contributed by atoms with E-state index in [0.717, 1.165) is 18.2 Å². The van der Waals surface area contributed by atoms with Crippen molar-refractivity contribution in [2.24, 2.45) is 5.92 Å². The van der Waals surface area contributed by atoms with Gasteiger partial charge in [-0.3, -0.25) is 4.79 Å². The summed E-state index contributed by atoms with van der Waals surface area (Å²) in [5.41, 5.74) is 1.25. The Morgan fingerprint density at radius 2 is 1.84 bits per heavy atom. The third kappa shape index (κ3) is 4.64. The number of carbonyl (C=O) groups excluding carboxylic acids is 2. The molecule has 1 saturated heterocycles. The summed E-state index contributed by atoms with van der Waals surface area (Å²) in [6, 6.07) is 14.4. The van der Waals surface area contributed by atoms with E-state index < -0.39 is 0 Å². The predicted molar refractivity (Wildman–Crippen MR) is 121 cm³/mol. The molecule has 1 aliphatic rings. The van der Waals surface area contributed by atoms with Gasteiger partial charge in [-0.25, -0.2) is 4.79 Å². The second-order valence-electron chi connectivity index (χ2n) is 7.76. The molecular weight excluding hydrogens is 410 g/mol. The Hall–Kier alpha value is -3.68. The zero-order chi connectivity index (χ0) is 22.5. The summed E-state index contributed by atoms with van der Waals surface area (Å²) in [5, 5.41) is 6.64. The van der Waals surface area contributed by atoms with Crippen molar-refractivity contribution in [3.63, 3.8) is 0 Å². The highest BCUT2D eigenvalue weighted by atomic mass is 16.5. The van der Waals surface area contributed by atoms with Crippen LogP contribution in [0, 0.1) is 5.92 Å². The standard InChI is InChI=1S/C24H27N3O5/c1-30-20-9-5-7-18(22(20)31-2)26-24(29)25-15-16-10-12-27(13-11-16)23(28)21-14-17-6-3-4-8-19(17)32-21/h3-9,14,16H,10-13,15H2,1-2H3,(H2,25,26,29). The quantitative estimate of drug-likeness (QED) is 0.605. The fraction of sp³-hybridized carbons (Fsp3) is 0.333. The molecule has 3 amide bonds. The van der Waals surface area contributed by atoms with Crippen molar-refractivity contribution in [3.8, 4) is 11.5 Å². The first kappa shape index (κ1) is 21.5. The van der Waals surface area contributed by atoms with Crippen LogP contribution in [0.5, 0.6) is 11.5 Å². The lowest BCUT2D eigenvalue weighted by Crippen LogP contribution is -2.42. The van der Waals surface area contributed by atoms with Gasteiger partial charge in [0.05, 0.1) is 19.9 Å². The summed E-state index contributed by atoms with van der Waals surface area (Å²) < 4.78 is 16.3. The molecule has 2 N–H and O–H groups in total. The van der Waals surface area contributed by atoms with Gasteiger partial charge in [-0.1, -0.05) is 24.3 Å². The molecule has 1 aliphatic heterocycles. The van der Waals surface area contributed by atoms with Crippen LogP contribution < -0.4 is 20.1 Å². The summed E-state index contributed by atoms with van der Waals surface area (Å²) in [7, 11) is 3.08. The van der Waals surface area contributed by atoms with Gasteiger partial charge in [-0.15, -0.1) is 0 Å². The number of carbonyl (C=O) groups is 2. The number of likely N-dealkylation sites (tertiary alicyclic amines) is 1. The van der Waals surface area contributed by atoms with Crippen LogP contribution in [0.2, 0.25) is 0 Å². The van der Waals surface area contributed by atoms with Gasteiger partial charge in [0.1, 0.15) is 5.58 Å². The maximum absolute atomic E-state index is 12.8. The van der Waals surface area contributed by atoms with E-state index >= 15 is 0 Å². The molecule has 0 saturated carbocycles. The number of nitrogens with one attached hydrogen (secondary N) is 2. The first-order valence-corrected chi connectivity index (χ1v) is 10.6. The maximum Gasteiger partial charge on any atom is 0.319 e. The summed E-state index contributed by atoms with van der Waals surface area (Å²) >= 11 is 0. The molecule has 0 aliphatic carbocycles. The Labute approximate surface area is 186 Å². The predicted octanol–water partition coefficient (Wildman–Crippen LogP) is 4.12. The molecule has 0 atom stereocenters. The first-order chi connectivity index (χ1) is 15.6. The van der Waals surface area contributed by atoms with Crippen molar-refractivity contribution in [1.82, 2.24) is 10.2 Å². The van der Waals surface area contributed by atoms with Gasteiger partial charge in [0.25, 0.3) is 5.91 Å². The van der Waals surface area contributed by atoms with E-state index in [0.29, 0.717) is 54.1 Å². The molecule has 2 aromatic carbocycles. The SMILES string of the molecule is COc1cccc(NC(=O)NCC2CCN(C(=O)c3cc4ccccc4o3)CC2)c1OC. The van der Waals surface area contributed by atoms with Crippen LogP contribution in [-0.4, -0.2) is 50.7 Å². The number of urea groups is 1. The van der Waals surface area contributed by atoms with Crippen molar-refractivity contribution in [3.05, 3.63) is 54.3 Å². The highest BCUT2D eigenvalue weighted by Crippen LogP contribution is 2.34. The van der Waals surface area contributed by atoms with E-state index in [1.54, 1.807) is 31.4 Å². The zero-order valence-corrected chi connectivity index (χ0v) is 18.2.